The lowest BCUT2D eigenvalue weighted by Crippen LogP contribution is -2.34. The van der Waals surface area contributed by atoms with Crippen LogP contribution in [0, 0.1) is 20.8 Å². The topological polar surface area (TPSA) is 126 Å². The number of benzene rings is 1. The largest absolute Gasteiger partial charge is 0.491 e. The maximum absolute atomic E-state index is 12.1. The van der Waals surface area contributed by atoms with E-state index >= 15 is 0 Å². The van der Waals surface area contributed by atoms with Gasteiger partial charge in [0, 0.05) is 43.9 Å². The average Bonchev–Trinajstić information content (AvgIpc) is 3.61. The highest BCUT2D eigenvalue weighted by Crippen LogP contribution is 2.39. The van der Waals surface area contributed by atoms with E-state index in [-0.39, 0.29) is 12.7 Å². The van der Waals surface area contributed by atoms with Crippen molar-refractivity contribution in [2.75, 3.05) is 58.4 Å². The Kier molecular flexibility index (Phi) is 7.97. The number of carbonyl (C=O) groups excluding carboxylic acids is 1. The minimum Gasteiger partial charge on any atom is -0.491 e. The number of aryl methyl sites for hydroxylation is 2. The van der Waals surface area contributed by atoms with Gasteiger partial charge in [0.15, 0.2) is 5.82 Å². The summed E-state index contributed by atoms with van der Waals surface area (Å²) in [6.45, 7) is 8.64. The normalized spacial score (nSPS) is 15.6. The van der Waals surface area contributed by atoms with Gasteiger partial charge in [-0.15, -0.1) is 0 Å². The predicted octanol–water partition coefficient (Wildman–Crippen LogP) is 3.53. The van der Waals surface area contributed by atoms with E-state index in [9.17, 15) is 9.90 Å². The predicted molar refractivity (Wildman–Crippen MR) is 151 cm³/mol. The summed E-state index contributed by atoms with van der Waals surface area (Å²) in [5.74, 6) is 2.41. The molecule has 5 rings (SSSR count). The van der Waals surface area contributed by atoms with Gasteiger partial charge in [0.1, 0.15) is 30.0 Å². The molecular weight excluding hydrogens is 536 g/mol. The van der Waals surface area contributed by atoms with Crippen molar-refractivity contribution in [3.63, 3.8) is 0 Å². The highest BCUT2D eigenvalue weighted by Gasteiger charge is 2.34. The molecule has 0 fully saturated rings. The summed E-state index contributed by atoms with van der Waals surface area (Å²) in [6.07, 6.45) is -0.977. The molecular formula is C28H33ClN6O5. The Morgan fingerprint density at radius 3 is 2.52 bits per heavy atom. The van der Waals surface area contributed by atoms with Gasteiger partial charge in [-0.05, 0) is 57.2 Å². The van der Waals surface area contributed by atoms with E-state index < -0.39 is 6.10 Å². The number of ether oxygens (including phenoxy) is 2. The molecule has 0 saturated heterocycles. The fourth-order valence-corrected chi connectivity index (χ4v) is 5.44. The standard InChI is InChI=1S/C28H33ClN6O5/c1-15-25(24-16(2)33-40-17(24)3)31-26(22-8-21(6-7-23(22)29)39-14-20(36)9-30-4)32-27(15)34-10-18-12-35(28(37)38-5)13-19(18)11-34/h6-8,20,30,36H,9-14H2,1-5H3/t20-/m1/s1. The Labute approximate surface area is 237 Å². The van der Waals surface area contributed by atoms with Crippen molar-refractivity contribution in [1.82, 2.24) is 25.3 Å². The van der Waals surface area contributed by atoms with Crippen LogP contribution in [0.3, 0.4) is 0 Å². The number of aliphatic hydroxyl groups is 1. The number of hydrogen-bond donors (Lipinski definition) is 2. The van der Waals surface area contributed by atoms with Crippen molar-refractivity contribution in [1.29, 1.82) is 0 Å². The van der Waals surface area contributed by atoms with Crippen LogP contribution in [0.1, 0.15) is 17.0 Å². The van der Waals surface area contributed by atoms with E-state index in [2.05, 4.69) is 15.4 Å². The van der Waals surface area contributed by atoms with E-state index in [1.807, 2.05) is 20.8 Å². The number of nitrogens with zero attached hydrogens (tertiary/aromatic N) is 5. The van der Waals surface area contributed by atoms with Gasteiger partial charge in [-0.25, -0.2) is 14.8 Å². The van der Waals surface area contributed by atoms with Crippen LogP contribution in [0.25, 0.3) is 22.6 Å². The monoisotopic (exact) mass is 568 g/mol. The zero-order valence-corrected chi connectivity index (χ0v) is 24.0. The number of halogens is 1. The van der Waals surface area contributed by atoms with Crippen LogP contribution in [-0.2, 0) is 4.74 Å². The average molecular weight is 569 g/mol. The Morgan fingerprint density at radius 2 is 1.90 bits per heavy atom. The first-order valence-corrected chi connectivity index (χ1v) is 13.4. The summed E-state index contributed by atoms with van der Waals surface area (Å²) in [6, 6.07) is 5.28. The van der Waals surface area contributed by atoms with Crippen molar-refractivity contribution < 1.29 is 23.9 Å². The summed E-state index contributed by atoms with van der Waals surface area (Å²) in [4.78, 5) is 25.9. The Morgan fingerprint density at radius 1 is 1.18 bits per heavy atom. The summed E-state index contributed by atoms with van der Waals surface area (Å²) in [5.41, 5.74) is 6.14. The second-order valence-electron chi connectivity index (χ2n) is 10.1. The van der Waals surface area contributed by atoms with Gasteiger partial charge in [-0.1, -0.05) is 16.8 Å². The molecule has 1 atom stereocenters. The quantitative estimate of drug-likeness (QED) is 0.390. The maximum atomic E-state index is 12.1. The van der Waals surface area contributed by atoms with Gasteiger partial charge in [0.2, 0.25) is 0 Å². The molecule has 11 nitrogen and oxygen atoms in total. The number of nitrogens with one attached hydrogen (secondary N) is 1. The first kappa shape index (κ1) is 27.9. The lowest BCUT2D eigenvalue weighted by Gasteiger charge is -2.25. The number of carbonyl (C=O) groups is 1. The van der Waals surface area contributed by atoms with Gasteiger partial charge in [-0.2, -0.15) is 0 Å². The molecule has 2 N–H and O–H groups in total. The van der Waals surface area contributed by atoms with Crippen molar-refractivity contribution in [2.24, 2.45) is 0 Å². The number of rotatable bonds is 8. The lowest BCUT2D eigenvalue weighted by molar-refractivity contribution is 0.108. The van der Waals surface area contributed by atoms with E-state index in [0.717, 1.165) is 22.6 Å². The second-order valence-corrected chi connectivity index (χ2v) is 10.5. The molecule has 2 aromatic heterocycles. The van der Waals surface area contributed by atoms with E-state index in [1.165, 1.54) is 18.3 Å². The Hall–Kier alpha value is -3.67. The van der Waals surface area contributed by atoms with Crippen LogP contribution in [0.4, 0.5) is 10.6 Å². The molecule has 4 heterocycles. The minimum absolute atomic E-state index is 0.125. The van der Waals surface area contributed by atoms with Crippen molar-refractivity contribution in [3.05, 3.63) is 51.4 Å². The van der Waals surface area contributed by atoms with Crippen LogP contribution in [0.15, 0.2) is 33.9 Å². The molecule has 2 aliphatic rings. The second kappa shape index (κ2) is 11.4. The van der Waals surface area contributed by atoms with Gasteiger partial charge in [0.05, 0.1) is 29.1 Å². The molecule has 0 spiro atoms. The van der Waals surface area contributed by atoms with E-state index in [1.54, 1.807) is 30.1 Å². The minimum atomic E-state index is -0.655. The summed E-state index contributed by atoms with van der Waals surface area (Å²) < 4.78 is 16.2. The number of aromatic nitrogens is 3. The third-order valence-electron chi connectivity index (χ3n) is 7.21. The molecule has 40 heavy (non-hydrogen) atoms. The summed E-state index contributed by atoms with van der Waals surface area (Å²) in [5, 5.41) is 17.6. The number of likely N-dealkylation sites (N-methyl/N-ethyl adjacent to an activating group) is 1. The zero-order valence-electron chi connectivity index (χ0n) is 23.2. The van der Waals surface area contributed by atoms with Gasteiger partial charge in [-0.3, -0.25) is 0 Å². The maximum Gasteiger partial charge on any atom is 0.410 e. The molecule has 12 heteroatoms. The fraction of sp³-hybridized carbons (Fsp3) is 0.429. The molecule has 0 radical (unpaired) electrons. The molecule has 0 bridgehead atoms. The van der Waals surface area contributed by atoms with Crippen molar-refractivity contribution in [3.8, 4) is 28.4 Å². The lowest BCUT2D eigenvalue weighted by atomic mass is 10.0. The van der Waals surface area contributed by atoms with Crippen LogP contribution in [-0.4, -0.2) is 90.8 Å². The van der Waals surface area contributed by atoms with Crippen LogP contribution < -0.4 is 15.0 Å². The molecule has 0 unspecified atom stereocenters. The third-order valence-corrected chi connectivity index (χ3v) is 7.54. The Bertz CT molecular complexity index is 1430. The fourth-order valence-electron chi connectivity index (χ4n) is 5.24. The van der Waals surface area contributed by atoms with Crippen molar-refractivity contribution in [2.45, 2.75) is 26.9 Å². The molecule has 0 aliphatic carbocycles. The molecule has 1 amide bonds. The van der Waals surface area contributed by atoms with Gasteiger partial charge in [0.25, 0.3) is 0 Å². The van der Waals surface area contributed by atoms with E-state index in [4.69, 9.17) is 35.6 Å². The third kappa shape index (κ3) is 5.36. The molecule has 212 valence electrons. The molecule has 2 aliphatic heterocycles. The zero-order chi connectivity index (χ0) is 28.6. The summed E-state index contributed by atoms with van der Waals surface area (Å²) >= 11 is 6.68. The highest BCUT2D eigenvalue weighted by atomic mass is 35.5. The first-order valence-electron chi connectivity index (χ1n) is 13.0. The highest BCUT2D eigenvalue weighted by molar-refractivity contribution is 6.33. The van der Waals surface area contributed by atoms with Crippen molar-refractivity contribution >= 4 is 23.5 Å². The molecule has 0 saturated carbocycles. The number of hydrogen-bond acceptors (Lipinski definition) is 10. The van der Waals surface area contributed by atoms with Gasteiger partial charge >= 0.3 is 6.09 Å². The van der Waals surface area contributed by atoms with Crippen LogP contribution in [0.5, 0.6) is 5.75 Å². The molecule has 3 aromatic rings. The number of anilines is 1. The SMILES string of the molecule is CNC[C@@H](O)COc1ccc(Cl)c(-c2nc(-c3c(C)noc3C)c(C)c(N3CC4=C(CN(C(=O)OC)C4)C3)n2)c1. The Balaban J connectivity index is 1.53. The van der Waals surface area contributed by atoms with Crippen LogP contribution in [0.2, 0.25) is 5.02 Å². The number of aliphatic hydroxyl groups excluding tert-OH is 1. The van der Waals surface area contributed by atoms with E-state index in [0.29, 0.717) is 66.3 Å². The first-order chi connectivity index (χ1) is 19.2. The molecule has 1 aromatic carbocycles. The van der Waals surface area contributed by atoms with Crippen LogP contribution >= 0.6 is 11.6 Å². The van der Waals surface area contributed by atoms with Gasteiger partial charge < -0.3 is 34.2 Å². The number of methoxy groups -OCH3 is 1. The summed E-state index contributed by atoms with van der Waals surface area (Å²) in [7, 11) is 3.17. The number of amides is 1. The smallest absolute Gasteiger partial charge is 0.410 e.